The fourth-order valence-electron chi connectivity index (χ4n) is 4.43. The molecule has 4 aromatic rings. The van der Waals surface area contributed by atoms with Gasteiger partial charge in [-0.05, 0) is 23.3 Å². The van der Waals surface area contributed by atoms with Gasteiger partial charge in [-0.1, -0.05) is 72.0 Å². The van der Waals surface area contributed by atoms with Crippen molar-refractivity contribution in [3.05, 3.63) is 90.0 Å². The van der Waals surface area contributed by atoms with E-state index in [4.69, 9.17) is 14.5 Å². The summed E-state index contributed by atoms with van der Waals surface area (Å²) in [4.78, 5) is 23.4. The standard InChI is InChI=1S/C28H29N3O3S.ClH/c1-33-23-12-13-25-24(20-23)29-28(35-25)31(15-14-30-16-18-34-19-17-30)27(32)26(21-8-4-2-5-9-21)22-10-6-3-7-11-22;/h2-13,20,26H,14-19H2,1H3;1H. The van der Waals surface area contributed by atoms with Crippen LogP contribution in [0.5, 0.6) is 5.75 Å². The van der Waals surface area contributed by atoms with Crippen molar-refractivity contribution >= 4 is 45.0 Å². The maximum absolute atomic E-state index is 14.3. The van der Waals surface area contributed by atoms with Crippen molar-refractivity contribution in [2.75, 3.05) is 51.4 Å². The van der Waals surface area contributed by atoms with Gasteiger partial charge in [0, 0.05) is 32.2 Å². The minimum Gasteiger partial charge on any atom is -0.497 e. The first-order valence-electron chi connectivity index (χ1n) is 11.9. The first-order valence-corrected chi connectivity index (χ1v) is 12.7. The third-order valence-corrected chi connectivity index (χ3v) is 7.40. The highest BCUT2D eigenvalue weighted by atomic mass is 35.5. The van der Waals surface area contributed by atoms with Crippen LogP contribution in [0.1, 0.15) is 17.0 Å². The lowest BCUT2D eigenvalue weighted by atomic mass is 9.90. The highest BCUT2D eigenvalue weighted by Crippen LogP contribution is 2.34. The molecule has 1 amide bonds. The van der Waals surface area contributed by atoms with E-state index in [1.54, 1.807) is 18.4 Å². The largest absolute Gasteiger partial charge is 0.497 e. The molecule has 1 aliphatic rings. The summed E-state index contributed by atoms with van der Waals surface area (Å²) in [7, 11) is 1.65. The zero-order valence-corrected chi connectivity index (χ0v) is 21.8. The second-order valence-electron chi connectivity index (χ2n) is 8.53. The number of carbonyl (C=O) groups excluding carboxylic acids is 1. The maximum atomic E-state index is 14.3. The van der Waals surface area contributed by atoms with Gasteiger partial charge in [0.25, 0.3) is 0 Å². The Balaban J connectivity index is 0.00000304. The summed E-state index contributed by atoms with van der Waals surface area (Å²) in [6.07, 6.45) is 0. The van der Waals surface area contributed by atoms with E-state index in [0.717, 1.165) is 59.9 Å². The Morgan fingerprint density at radius 2 is 1.67 bits per heavy atom. The molecule has 6 nitrogen and oxygen atoms in total. The van der Waals surface area contributed by atoms with Crippen LogP contribution in [0.25, 0.3) is 10.2 Å². The summed E-state index contributed by atoms with van der Waals surface area (Å²) in [5.74, 6) is 0.373. The van der Waals surface area contributed by atoms with Crippen LogP contribution < -0.4 is 9.64 Å². The molecule has 8 heteroatoms. The van der Waals surface area contributed by atoms with Gasteiger partial charge in [0.05, 0.1) is 36.5 Å². The predicted octanol–water partition coefficient (Wildman–Crippen LogP) is 5.22. The molecule has 0 aliphatic carbocycles. The molecular formula is C28H30ClN3O3S. The van der Waals surface area contributed by atoms with Crippen LogP contribution in [-0.2, 0) is 9.53 Å². The highest BCUT2D eigenvalue weighted by Gasteiger charge is 2.30. The van der Waals surface area contributed by atoms with Gasteiger partial charge in [-0.3, -0.25) is 14.6 Å². The van der Waals surface area contributed by atoms with Crippen molar-refractivity contribution in [1.82, 2.24) is 9.88 Å². The van der Waals surface area contributed by atoms with Gasteiger partial charge in [-0.15, -0.1) is 12.4 Å². The Morgan fingerprint density at radius 1 is 1.03 bits per heavy atom. The number of fused-ring (bicyclic) bond motifs is 1. The predicted molar refractivity (Wildman–Crippen MR) is 148 cm³/mol. The normalized spacial score (nSPS) is 13.9. The number of thiazole rings is 1. The molecule has 0 N–H and O–H groups in total. The van der Waals surface area contributed by atoms with Crippen LogP contribution in [0.15, 0.2) is 78.9 Å². The molecule has 36 heavy (non-hydrogen) atoms. The number of rotatable bonds is 8. The molecule has 1 saturated heterocycles. The van der Waals surface area contributed by atoms with Gasteiger partial charge in [0.2, 0.25) is 5.91 Å². The summed E-state index contributed by atoms with van der Waals surface area (Å²) < 4.78 is 11.9. The van der Waals surface area contributed by atoms with Gasteiger partial charge in [0.15, 0.2) is 5.13 Å². The van der Waals surface area contributed by atoms with Crippen LogP contribution in [-0.4, -0.2) is 62.3 Å². The number of nitrogens with zero attached hydrogens (tertiary/aromatic N) is 3. The summed E-state index contributed by atoms with van der Waals surface area (Å²) in [5, 5.41) is 0.711. The Labute approximate surface area is 221 Å². The molecule has 1 aromatic heterocycles. The number of ether oxygens (including phenoxy) is 2. The number of benzene rings is 3. The second-order valence-corrected chi connectivity index (χ2v) is 9.54. The van der Waals surface area contributed by atoms with E-state index in [1.165, 1.54) is 0 Å². The SMILES string of the molecule is COc1ccc2sc(N(CCN3CCOCC3)C(=O)C(c3ccccc3)c3ccccc3)nc2c1.Cl. The van der Waals surface area contributed by atoms with Crippen LogP contribution in [0.3, 0.4) is 0 Å². The Kier molecular flexibility index (Phi) is 8.93. The average Bonchev–Trinajstić information content (AvgIpc) is 3.34. The van der Waals surface area contributed by atoms with Gasteiger partial charge in [-0.25, -0.2) is 4.98 Å². The number of aromatic nitrogens is 1. The van der Waals surface area contributed by atoms with Crippen molar-refractivity contribution in [2.45, 2.75) is 5.92 Å². The lowest BCUT2D eigenvalue weighted by molar-refractivity contribution is -0.119. The molecule has 0 spiro atoms. The van der Waals surface area contributed by atoms with Gasteiger partial charge < -0.3 is 9.47 Å². The first kappa shape index (κ1) is 26.1. The summed E-state index contributed by atoms with van der Waals surface area (Å²) in [6.45, 7) is 4.54. The second kappa shape index (κ2) is 12.3. The molecule has 2 heterocycles. The van der Waals surface area contributed by atoms with Crippen LogP contribution >= 0.6 is 23.7 Å². The van der Waals surface area contributed by atoms with Gasteiger partial charge in [-0.2, -0.15) is 0 Å². The first-order chi connectivity index (χ1) is 17.2. The van der Waals surface area contributed by atoms with E-state index >= 15 is 0 Å². The van der Waals surface area contributed by atoms with Crippen molar-refractivity contribution in [1.29, 1.82) is 0 Å². The van der Waals surface area contributed by atoms with Crippen molar-refractivity contribution in [2.24, 2.45) is 0 Å². The van der Waals surface area contributed by atoms with Gasteiger partial charge >= 0.3 is 0 Å². The molecule has 1 aliphatic heterocycles. The van der Waals surface area contributed by atoms with Gasteiger partial charge in [0.1, 0.15) is 5.75 Å². The fourth-order valence-corrected chi connectivity index (χ4v) is 5.41. The van der Waals surface area contributed by atoms with E-state index in [0.29, 0.717) is 11.7 Å². The lowest BCUT2D eigenvalue weighted by Crippen LogP contribution is -2.44. The van der Waals surface area contributed by atoms with E-state index in [-0.39, 0.29) is 18.3 Å². The third-order valence-electron chi connectivity index (χ3n) is 6.34. The minimum absolute atomic E-state index is 0. The fraction of sp³-hybridized carbons (Fsp3) is 0.286. The molecule has 5 rings (SSSR count). The lowest BCUT2D eigenvalue weighted by Gasteiger charge is -2.31. The molecule has 1 fully saturated rings. The molecule has 0 atom stereocenters. The number of hydrogen-bond donors (Lipinski definition) is 0. The Bertz CT molecular complexity index is 1220. The summed E-state index contributed by atoms with van der Waals surface area (Å²) in [5.41, 5.74) is 2.79. The monoisotopic (exact) mass is 523 g/mol. The number of hydrogen-bond acceptors (Lipinski definition) is 6. The topological polar surface area (TPSA) is 54.9 Å². The zero-order valence-electron chi connectivity index (χ0n) is 20.2. The van der Waals surface area contributed by atoms with Crippen molar-refractivity contribution in [3.8, 4) is 5.75 Å². The summed E-state index contributed by atoms with van der Waals surface area (Å²) in [6, 6.07) is 25.9. The minimum atomic E-state index is -0.413. The average molecular weight is 524 g/mol. The molecule has 0 unspecified atom stereocenters. The van der Waals surface area contributed by atoms with Crippen LogP contribution in [0.2, 0.25) is 0 Å². The molecular weight excluding hydrogens is 494 g/mol. The molecule has 188 valence electrons. The zero-order chi connectivity index (χ0) is 24.0. The van der Waals surface area contributed by atoms with Crippen molar-refractivity contribution < 1.29 is 14.3 Å². The van der Waals surface area contributed by atoms with E-state index in [1.807, 2.05) is 83.8 Å². The molecule has 0 radical (unpaired) electrons. The van der Waals surface area contributed by atoms with Crippen LogP contribution in [0.4, 0.5) is 5.13 Å². The highest BCUT2D eigenvalue weighted by molar-refractivity contribution is 7.22. The smallest absolute Gasteiger partial charge is 0.240 e. The van der Waals surface area contributed by atoms with E-state index in [9.17, 15) is 4.79 Å². The number of halogens is 1. The third kappa shape index (κ3) is 5.87. The van der Waals surface area contributed by atoms with Crippen molar-refractivity contribution in [3.63, 3.8) is 0 Å². The van der Waals surface area contributed by atoms with E-state index < -0.39 is 5.92 Å². The quantitative estimate of drug-likeness (QED) is 0.317. The maximum Gasteiger partial charge on any atom is 0.240 e. The summed E-state index contributed by atoms with van der Waals surface area (Å²) >= 11 is 1.54. The number of carbonyl (C=O) groups is 1. The Hall–Kier alpha value is -2.97. The number of amides is 1. The Morgan fingerprint density at radius 3 is 2.28 bits per heavy atom. The number of morpholine rings is 1. The molecule has 0 saturated carbocycles. The number of anilines is 1. The molecule has 0 bridgehead atoms. The van der Waals surface area contributed by atoms with E-state index in [2.05, 4.69) is 4.90 Å². The number of methoxy groups -OCH3 is 1. The molecule has 3 aromatic carbocycles. The van der Waals surface area contributed by atoms with Crippen LogP contribution in [0, 0.1) is 0 Å².